The molecule has 45 heavy (non-hydrogen) atoms. The molecule has 6 bridgehead atoms. The Morgan fingerprint density at radius 3 is 2.24 bits per heavy atom. The molecule has 240 valence electrons. The van der Waals surface area contributed by atoms with Crippen LogP contribution in [0.5, 0.6) is 5.75 Å². The maximum absolute atomic E-state index is 11.8. The van der Waals surface area contributed by atoms with Crippen molar-refractivity contribution in [3.05, 3.63) is 102 Å². The molecule has 3 atom stereocenters. The third-order valence-electron chi connectivity index (χ3n) is 7.57. The van der Waals surface area contributed by atoms with Crippen molar-refractivity contribution in [1.29, 1.82) is 0 Å². The molecule has 0 amide bonds. The summed E-state index contributed by atoms with van der Waals surface area (Å²) < 4.78 is 20.1. The average molecular weight is 1690 g/mol. The Hall–Kier alpha value is 4.48. The number of ether oxygens (including phenoxy) is 2. The van der Waals surface area contributed by atoms with Crippen LogP contribution in [0.2, 0.25) is 0 Å². The second kappa shape index (κ2) is 21.4. The molecule has 3 aromatic carbocycles. The molecule has 16 heteroatoms. The predicted octanol–water partition coefficient (Wildman–Crippen LogP) is 11.0. The molecule has 0 radical (unpaired) electrons. The van der Waals surface area contributed by atoms with Gasteiger partial charge in [0.1, 0.15) is 19.1 Å². The Morgan fingerprint density at radius 1 is 0.933 bits per heavy atom. The fourth-order valence-corrected chi connectivity index (χ4v) is 5.89. The van der Waals surface area contributed by atoms with E-state index in [2.05, 4.69) is 103 Å². The van der Waals surface area contributed by atoms with Crippen LogP contribution in [0.15, 0.2) is 83.5 Å². The number of aliphatic hydroxyl groups excluding tert-OH is 1. The van der Waals surface area contributed by atoms with Crippen molar-refractivity contribution < 1.29 is 95.4 Å². The monoisotopic (exact) mass is 1700 g/mol. The van der Waals surface area contributed by atoms with Crippen molar-refractivity contribution in [3.8, 4) is 28.2 Å². The molecule has 4 heterocycles. The van der Waals surface area contributed by atoms with Gasteiger partial charge in [0.15, 0.2) is 11.7 Å². The zero-order valence-corrected chi connectivity index (χ0v) is 43.9. The SMILES string of the molecule is COCn1cc2c3c(cccc31)-c1cccc3c1OCC3(c1ccccc1)C(O)C([NH-])c1ncc-2o1.[I][Sm][I].[I][Sm][I].[I][Sm][I]. The summed E-state index contributed by atoms with van der Waals surface area (Å²) in [6.45, 7) is 0.586. The van der Waals surface area contributed by atoms with Gasteiger partial charge in [0, 0.05) is 35.4 Å². The molecule has 7 nitrogen and oxygen atoms in total. The van der Waals surface area contributed by atoms with Crippen LogP contribution >= 0.6 is 85.7 Å². The minimum absolute atomic E-state index is 0.170. The number of aromatic nitrogens is 2. The Kier molecular flexibility index (Phi) is 20.1. The van der Waals surface area contributed by atoms with E-state index in [-0.39, 0.29) is 88.9 Å². The van der Waals surface area contributed by atoms with Crippen molar-refractivity contribution in [3.63, 3.8) is 0 Å². The number of halogens is 6. The molecule has 2 N–H and O–H groups in total. The van der Waals surface area contributed by atoms with E-state index in [9.17, 15) is 5.11 Å². The van der Waals surface area contributed by atoms with Gasteiger partial charge in [-0.2, -0.15) is 0 Å². The summed E-state index contributed by atoms with van der Waals surface area (Å²) in [5.74, 6) is 1.45. The van der Waals surface area contributed by atoms with Gasteiger partial charge < -0.3 is 29.3 Å². The van der Waals surface area contributed by atoms with Crippen LogP contribution in [0, 0.1) is 76.4 Å². The minimum atomic E-state index is -1.16. The maximum atomic E-state index is 11.8. The average Bonchev–Trinajstić information content (AvgIpc) is 3.78. The molecule has 0 saturated carbocycles. The van der Waals surface area contributed by atoms with Crippen molar-refractivity contribution in [2.24, 2.45) is 0 Å². The summed E-state index contributed by atoms with van der Waals surface area (Å²) in [7, 11) is 1.66. The fraction of sp³-hybridized carbons (Fsp3) is 0.207. The molecule has 3 unspecified atom stereocenters. The van der Waals surface area contributed by atoms with E-state index in [1.54, 1.807) is 13.3 Å². The molecule has 0 fully saturated rings. The van der Waals surface area contributed by atoms with Gasteiger partial charge in [-0.3, -0.25) is 0 Å². The number of nitrogens with one attached hydrogen (secondary N) is 1. The Morgan fingerprint density at radius 2 is 1.58 bits per heavy atom. The number of rotatable bonds is 3. The molecule has 0 aliphatic carbocycles. The number of para-hydroxylation sites is 1. The first-order chi connectivity index (χ1) is 21.9. The zero-order valence-electron chi connectivity index (χ0n) is 23.1. The van der Waals surface area contributed by atoms with Crippen molar-refractivity contribution >= 4 is 96.6 Å². The standard InChI is InChI=1S/C29H24N3O4.6HI.3Sm/c1-34-16-32-14-20-23-13-31-28(36-23)25(30)27(33)29(17-7-3-2-4-8-17)15-35-26-19(10-5-11-21(26)29)18-9-6-12-22(32)24(18)20;;;;;;;;;/h2-14,25,27,30,33H,15-16H2,1H3;6*1H;;;/q-1;;;;;;;3*+2/p-6. The van der Waals surface area contributed by atoms with Crippen LogP contribution in [-0.2, 0) is 16.9 Å². The van der Waals surface area contributed by atoms with Gasteiger partial charge in [-0.1, -0.05) is 60.7 Å². The number of nitrogens with zero attached hydrogens (tertiary/aromatic N) is 2. The third kappa shape index (κ3) is 9.60. The van der Waals surface area contributed by atoms with Gasteiger partial charge in [0.05, 0.1) is 23.2 Å². The van der Waals surface area contributed by atoms with E-state index < -0.39 is 17.6 Å². The van der Waals surface area contributed by atoms with Crippen LogP contribution in [-0.4, -0.2) is 34.5 Å². The second-order valence-electron chi connectivity index (χ2n) is 9.60. The molecule has 0 spiro atoms. The molecule has 2 aliphatic heterocycles. The van der Waals surface area contributed by atoms with E-state index in [1.807, 2.05) is 65.4 Å². The van der Waals surface area contributed by atoms with Gasteiger partial charge >= 0.3 is 162 Å². The van der Waals surface area contributed by atoms with Crippen molar-refractivity contribution in [1.82, 2.24) is 9.55 Å². The molecule has 0 saturated heterocycles. The van der Waals surface area contributed by atoms with Crippen LogP contribution in [0.3, 0.4) is 0 Å². The molecule has 2 aliphatic rings. The molecular weight excluding hydrogens is 1670 g/mol. The Labute approximate surface area is 359 Å². The Balaban J connectivity index is 0.000000462. The topological polar surface area (TPSA) is 93.5 Å². The molecular formula is C29H24I6N3O4Sm3-. The van der Waals surface area contributed by atoms with Gasteiger partial charge in [-0.05, 0) is 23.2 Å². The van der Waals surface area contributed by atoms with E-state index >= 15 is 0 Å². The van der Waals surface area contributed by atoms with E-state index in [4.69, 9.17) is 19.6 Å². The summed E-state index contributed by atoms with van der Waals surface area (Å²) in [6, 6.07) is 20.9. The summed E-state index contributed by atoms with van der Waals surface area (Å²) >= 11 is 15.2. The number of hydrogen-bond acceptors (Lipinski definition) is 5. The number of benzene rings is 3. The summed E-state index contributed by atoms with van der Waals surface area (Å²) in [5, 5.41) is 12.8. The van der Waals surface area contributed by atoms with Crippen LogP contribution < -0.4 is 4.74 Å². The van der Waals surface area contributed by atoms with Crippen LogP contribution in [0.25, 0.3) is 39.1 Å². The fourth-order valence-electron chi connectivity index (χ4n) is 5.89. The van der Waals surface area contributed by atoms with Crippen molar-refractivity contribution in [2.45, 2.75) is 24.3 Å². The van der Waals surface area contributed by atoms with E-state index in [1.165, 1.54) is 0 Å². The number of oxazole rings is 1. The predicted molar refractivity (Wildman–Crippen MR) is 220 cm³/mol. The van der Waals surface area contributed by atoms with E-state index in [0.29, 0.717) is 12.5 Å². The van der Waals surface area contributed by atoms with Crippen LogP contribution in [0.1, 0.15) is 23.1 Å². The summed E-state index contributed by atoms with van der Waals surface area (Å²) in [5.41, 5.74) is 13.6. The third-order valence-corrected chi connectivity index (χ3v) is 7.57. The first-order valence-corrected chi connectivity index (χ1v) is 58.0. The number of aliphatic hydroxyl groups is 1. The first kappa shape index (κ1) is 42.2. The normalized spacial score (nSPS) is 19.0. The van der Waals surface area contributed by atoms with E-state index in [0.717, 1.165) is 44.5 Å². The van der Waals surface area contributed by atoms with Gasteiger partial charge in [-0.15, -0.1) is 0 Å². The van der Waals surface area contributed by atoms with Crippen molar-refractivity contribution in [2.75, 3.05) is 13.7 Å². The summed E-state index contributed by atoms with van der Waals surface area (Å²) in [6.07, 6.45) is 2.48. The molecule has 5 aromatic rings. The van der Waals surface area contributed by atoms with Gasteiger partial charge in [-0.25, -0.2) is 4.98 Å². The Bertz CT molecular complexity index is 1690. The first-order valence-electron chi connectivity index (χ1n) is 12.8. The quantitative estimate of drug-likeness (QED) is 0.182. The zero-order chi connectivity index (χ0) is 32.6. The number of hydrogen-bond donors (Lipinski definition) is 1. The number of fused-ring (bicyclic) bond motifs is 4. The van der Waals surface area contributed by atoms with Gasteiger partial charge in [0.25, 0.3) is 0 Å². The second-order valence-corrected chi connectivity index (χ2v) is 67.8. The van der Waals surface area contributed by atoms with Gasteiger partial charge in [0.2, 0.25) is 0 Å². The number of methoxy groups -OCH3 is 1. The van der Waals surface area contributed by atoms with Crippen LogP contribution in [0.4, 0.5) is 0 Å². The summed E-state index contributed by atoms with van der Waals surface area (Å²) in [4.78, 5) is 4.46. The molecule has 7 rings (SSSR count). The molecule has 2 aromatic heterocycles.